The zero-order valence-corrected chi connectivity index (χ0v) is 11.4. The van der Waals surface area contributed by atoms with E-state index in [1.165, 1.54) is 10.4 Å². The van der Waals surface area contributed by atoms with Crippen LogP contribution < -0.4 is 5.73 Å². The first-order chi connectivity index (χ1) is 9.72. The molecule has 2 aromatic carbocycles. The molecule has 0 fully saturated rings. The van der Waals surface area contributed by atoms with Crippen LogP contribution in [-0.2, 0) is 0 Å². The van der Waals surface area contributed by atoms with Crippen molar-refractivity contribution >= 4 is 33.8 Å². The lowest BCUT2D eigenvalue weighted by Crippen LogP contribution is -2.10. The molecule has 0 saturated heterocycles. The van der Waals surface area contributed by atoms with Gasteiger partial charge in [0.2, 0.25) is 0 Å². The summed E-state index contributed by atoms with van der Waals surface area (Å²) in [6.45, 7) is 0. The van der Waals surface area contributed by atoms with Gasteiger partial charge in [-0.25, -0.2) is 4.99 Å². The van der Waals surface area contributed by atoms with Gasteiger partial charge >= 0.3 is 0 Å². The summed E-state index contributed by atoms with van der Waals surface area (Å²) in [4.78, 5) is 5.28. The van der Waals surface area contributed by atoms with Gasteiger partial charge in [0.15, 0.2) is 5.84 Å². The summed E-state index contributed by atoms with van der Waals surface area (Å²) in [6, 6.07) is 14.6. The highest BCUT2D eigenvalue weighted by Crippen LogP contribution is 2.30. The number of thiophene rings is 1. The Balaban J connectivity index is 1.95. The molecule has 0 bridgehead atoms. The van der Waals surface area contributed by atoms with Gasteiger partial charge in [-0.1, -0.05) is 18.2 Å². The van der Waals surface area contributed by atoms with Gasteiger partial charge < -0.3 is 5.73 Å². The van der Waals surface area contributed by atoms with Gasteiger partial charge in [-0.3, -0.25) is 5.41 Å². The van der Waals surface area contributed by atoms with Crippen LogP contribution >= 0.6 is 11.3 Å². The Bertz CT molecular complexity index is 876. The van der Waals surface area contributed by atoms with E-state index in [0.29, 0.717) is 5.84 Å². The highest BCUT2D eigenvalue weighted by atomic mass is 32.1. The van der Waals surface area contributed by atoms with E-state index < -0.39 is 0 Å². The van der Waals surface area contributed by atoms with Crippen molar-refractivity contribution in [2.45, 2.75) is 0 Å². The molecule has 1 aliphatic heterocycles. The minimum atomic E-state index is 0.251. The van der Waals surface area contributed by atoms with Crippen LogP contribution in [-0.4, -0.2) is 11.7 Å². The maximum atomic E-state index is 7.86. The van der Waals surface area contributed by atoms with E-state index in [2.05, 4.69) is 40.7 Å². The Hall–Kier alpha value is -2.46. The van der Waals surface area contributed by atoms with Crippen LogP contribution in [0.1, 0.15) is 11.1 Å². The van der Waals surface area contributed by atoms with Crippen molar-refractivity contribution in [2.24, 2.45) is 10.7 Å². The summed E-state index contributed by atoms with van der Waals surface area (Å²) in [6.07, 6.45) is 0. The van der Waals surface area contributed by atoms with Gasteiger partial charge in [0, 0.05) is 16.0 Å². The number of benzene rings is 2. The first kappa shape index (κ1) is 11.4. The predicted molar refractivity (Wildman–Crippen MR) is 84.8 cm³/mol. The molecule has 0 saturated carbocycles. The second-order valence-corrected chi connectivity index (χ2v) is 5.73. The number of nitrogens with one attached hydrogen (secondary N) is 1. The largest absolute Gasteiger partial charge is 0.383 e. The van der Waals surface area contributed by atoms with E-state index in [1.54, 1.807) is 11.3 Å². The van der Waals surface area contributed by atoms with Crippen molar-refractivity contribution in [1.29, 1.82) is 5.41 Å². The van der Waals surface area contributed by atoms with Crippen LogP contribution in [0.25, 0.3) is 21.2 Å². The average Bonchev–Trinajstić information content (AvgIpc) is 3.07. The topological polar surface area (TPSA) is 62.2 Å². The van der Waals surface area contributed by atoms with Gasteiger partial charge in [0.25, 0.3) is 0 Å². The van der Waals surface area contributed by atoms with Crippen molar-refractivity contribution < 1.29 is 0 Å². The number of nitrogens with two attached hydrogens (primary N) is 1. The molecule has 3 N–H and O–H groups in total. The molecule has 0 aliphatic carbocycles. The number of amidine groups is 2. The number of aliphatic imine (C=N–C) groups is 1. The zero-order valence-electron chi connectivity index (χ0n) is 10.6. The van der Waals surface area contributed by atoms with E-state index in [0.717, 1.165) is 21.9 Å². The molecule has 0 amide bonds. The maximum absolute atomic E-state index is 7.86. The molecule has 3 aromatic rings. The standard InChI is InChI=1S/C16H11N3S/c17-15-12-7-9-3-4-10(14-2-1-5-20-14)6-11(9)8-13(12)16(18)19-15/h1-8H,(H3,17,18,19). The Kier molecular flexibility index (Phi) is 2.28. The molecular formula is C16H11N3S. The molecule has 0 unspecified atom stereocenters. The third-order valence-corrected chi connectivity index (χ3v) is 4.46. The molecular weight excluding hydrogens is 266 g/mol. The minimum Gasteiger partial charge on any atom is -0.383 e. The zero-order chi connectivity index (χ0) is 13.7. The summed E-state index contributed by atoms with van der Waals surface area (Å²) in [5, 5.41) is 12.2. The molecule has 1 aromatic heterocycles. The first-order valence-electron chi connectivity index (χ1n) is 6.27. The quantitative estimate of drug-likeness (QED) is 0.701. The third-order valence-electron chi connectivity index (χ3n) is 3.55. The molecule has 4 heteroatoms. The van der Waals surface area contributed by atoms with Crippen LogP contribution in [0, 0.1) is 5.41 Å². The van der Waals surface area contributed by atoms with E-state index in [-0.39, 0.29) is 5.84 Å². The van der Waals surface area contributed by atoms with Gasteiger partial charge in [-0.15, -0.1) is 11.3 Å². The van der Waals surface area contributed by atoms with Gasteiger partial charge in [-0.2, -0.15) is 0 Å². The average molecular weight is 277 g/mol. The maximum Gasteiger partial charge on any atom is 0.154 e. The molecule has 3 nitrogen and oxygen atoms in total. The Morgan fingerprint density at radius 2 is 1.85 bits per heavy atom. The molecule has 0 spiro atoms. The van der Waals surface area contributed by atoms with Crippen molar-refractivity contribution in [1.82, 2.24) is 0 Å². The van der Waals surface area contributed by atoms with Gasteiger partial charge in [0.05, 0.1) is 0 Å². The monoisotopic (exact) mass is 277 g/mol. The molecule has 20 heavy (non-hydrogen) atoms. The Morgan fingerprint density at radius 3 is 2.65 bits per heavy atom. The van der Waals surface area contributed by atoms with Crippen LogP contribution in [0.3, 0.4) is 0 Å². The molecule has 1 aliphatic rings. The second kappa shape index (κ2) is 4.02. The summed E-state index contributed by atoms with van der Waals surface area (Å²) in [5.41, 5.74) is 8.73. The minimum absolute atomic E-state index is 0.251. The predicted octanol–water partition coefficient (Wildman–Crippen LogP) is 3.61. The highest BCUT2D eigenvalue weighted by molar-refractivity contribution is 7.13. The van der Waals surface area contributed by atoms with E-state index in [1.807, 2.05) is 12.1 Å². The van der Waals surface area contributed by atoms with Gasteiger partial charge in [-0.05, 0) is 46.0 Å². The number of nitrogens with zero attached hydrogens (tertiary/aromatic N) is 1. The van der Waals surface area contributed by atoms with Gasteiger partial charge in [0.1, 0.15) is 5.84 Å². The number of rotatable bonds is 1. The molecule has 0 atom stereocenters. The van der Waals surface area contributed by atoms with E-state index in [9.17, 15) is 0 Å². The highest BCUT2D eigenvalue weighted by Gasteiger charge is 2.19. The normalized spacial score (nSPS) is 13.6. The number of hydrogen-bond acceptors (Lipinski definition) is 3. The van der Waals surface area contributed by atoms with Crippen molar-refractivity contribution in [3.05, 3.63) is 59.0 Å². The lowest BCUT2D eigenvalue weighted by atomic mass is 9.99. The van der Waals surface area contributed by atoms with Crippen LogP contribution in [0.5, 0.6) is 0 Å². The lowest BCUT2D eigenvalue weighted by molar-refractivity contribution is 1.45. The number of hydrogen-bond donors (Lipinski definition) is 2. The lowest BCUT2D eigenvalue weighted by Gasteiger charge is -2.05. The summed E-state index contributed by atoms with van der Waals surface area (Å²) < 4.78 is 0. The SMILES string of the molecule is N=C1N=C(N)c2cc3ccc(-c4cccs4)cc3cc21. The fourth-order valence-electron chi connectivity index (χ4n) is 2.54. The van der Waals surface area contributed by atoms with E-state index >= 15 is 0 Å². The van der Waals surface area contributed by atoms with Crippen molar-refractivity contribution in [3.63, 3.8) is 0 Å². The van der Waals surface area contributed by atoms with E-state index in [4.69, 9.17) is 11.1 Å². The fourth-order valence-corrected chi connectivity index (χ4v) is 3.27. The fraction of sp³-hybridized carbons (Fsp3) is 0. The van der Waals surface area contributed by atoms with Crippen LogP contribution in [0.4, 0.5) is 0 Å². The first-order valence-corrected chi connectivity index (χ1v) is 7.15. The number of fused-ring (bicyclic) bond motifs is 2. The van der Waals surface area contributed by atoms with Crippen molar-refractivity contribution in [2.75, 3.05) is 0 Å². The molecule has 2 heterocycles. The van der Waals surface area contributed by atoms with Crippen LogP contribution in [0.2, 0.25) is 0 Å². The summed E-state index contributed by atoms with van der Waals surface area (Å²) >= 11 is 1.73. The Morgan fingerprint density at radius 1 is 1.00 bits per heavy atom. The third kappa shape index (κ3) is 1.58. The summed E-state index contributed by atoms with van der Waals surface area (Å²) in [7, 11) is 0. The van der Waals surface area contributed by atoms with Crippen LogP contribution in [0.15, 0.2) is 52.8 Å². The van der Waals surface area contributed by atoms with Crippen molar-refractivity contribution in [3.8, 4) is 10.4 Å². The Labute approximate surface area is 119 Å². The molecule has 4 rings (SSSR count). The second-order valence-electron chi connectivity index (χ2n) is 4.78. The molecule has 96 valence electrons. The smallest absolute Gasteiger partial charge is 0.154 e. The molecule has 0 radical (unpaired) electrons. The summed E-state index contributed by atoms with van der Waals surface area (Å²) in [5.74, 6) is 0.690.